The van der Waals surface area contributed by atoms with Crippen LogP contribution in [0.2, 0.25) is 0 Å². The van der Waals surface area contributed by atoms with E-state index in [0.717, 1.165) is 53.2 Å². The number of hydrogen-bond donors (Lipinski definition) is 1. The van der Waals surface area contributed by atoms with Crippen LogP contribution >= 0.6 is 0 Å². The maximum absolute atomic E-state index is 11.6. The maximum atomic E-state index is 11.6. The zero-order valence-corrected chi connectivity index (χ0v) is 15.4. The molecule has 1 aliphatic heterocycles. The molecule has 1 heterocycles. The van der Waals surface area contributed by atoms with Crippen LogP contribution < -0.4 is 4.74 Å². The highest BCUT2D eigenvalue weighted by Gasteiger charge is 2.34. The molecular weight excluding hydrogens is 288 g/mol. The number of rotatable bonds is 5. The van der Waals surface area contributed by atoms with Gasteiger partial charge in [-0.3, -0.25) is 0 Å². The van der Waals surface area contributed by atoms with Crippen molar-refractivity contribution in [2.24, 2.45) is 5.92 Å². The molecule has 0 amide bonds. The molecule has 23 heavy (non-hydrogen) atoms. The van der Waals surface area contributed by atoms with Gasteiger partial charge in [-0.1, -0.05) is 20.3 Å². The standard InChI is InChI=1S/C20H30O3/c1-12(2)8-7-10-20(6)11-9-16-15(5)17(19(21)22)13(3)14(4)18(16)23-20/h12H,7-11H2,1-6H3,(H,21,22)/t20-/m1/s1. The van der Waals surface area contributed by atoms with Crippen molar-refractivity contribution in [3.8, 4) is 5.75 Å². The molecule has 1 aromatic carbocycles. The first kappa shape index (κ1) is 17.8. The first-order valence-electron chi connectivity index (χ1n) is 8.71. The zero-order valence-electron chi connectivity index (χ0n) is 15.4. The van der Waals surface area contributed by atoms with Gasteiger partial charge in [-0.2, -0.15) is 0 Å². The van der Waals surface area contributed by atoms with Crippen LogP contribution in [0.15, 0.2) is 0 Å². The summed E-state index contributed by atoms with van der Waals surface area (Å²) in [5.74, 6) is 0.818. The predicted molar refractivity (Wildman–Crippen MR) is 93.7 cm³/mol. The Bertz CT molecular complexity index is 616. The number of aromatic carboxylic acids is 1. The molecule has 128 valence electrons. The maximum Gasteiger partial charge on any atom is 0.336 e. The normalized spacial score (nSPS) is 20.3. The summed E-state index contributed by atoms with van der Waals surface area (Å²) in [5, 5.41) is 9.50. The third-order valence-electron chi connectivity index (χ3n) is 5.33. The van der Waals surface area contributed by atoms with E-state index in [1.54, 1.807) is 0 Å². The number of carbonyl (C=O) groups is 1. The fourth-order valence-electron chi connectivity index (χ4n) is 3.69. The number of fused-ring (bicyclic) bond motifs is 1. The van der Waals surface area contributed by atoms with Crippen molar-refractivity contribution < 1.29 is 14.6 Å². The molecule has 1 N–H and O–H groups in total. The van der Waals surface area contributed by atoms with Gasteiger partial charge in [0.05, 0.1) is 5.56 Å². The minimum absolute atomic E-state index is 0.129. The highest BCUT2D eigenvalue weighted by molar-refractivity contribution is 5.92. The van der Waals surface area contributed by atoms with Gasteiger partial charge in [-0.25, -0.2) is 4.79 Å². The van der Waals surface area contributed by atoms with Crippen LogP contribution in [-0.4, -0.2) is 16.7 Å². The summed E-state index contributed by atoms with van der Waals surface area (Å²) in [6.07, 6.45) is 5.32. The number of carboxylic acid groups (broad SMARTS) is 1. The molecule has 1 atom stereocenters. The number of hydrogen-bond acceptors (Lipinski definition) is 2. The molecule has 2 rings (SSSR count). The van der Waals surface area contributed by atoms with Gasteiger partial charge in [0.15, 0.2) is 0 Å². The molecule has 0 radical (unpaired) electrons. The van der Waals surface area contributed by atoms with Crippen molar-refractivity contribution >= 4 is 5.97 Å². The van der Waals surface area contributed by atoms with Gasteiger partial charge >= 0.3 is 5.97 Å². The van der Waals surface area contributed by atoms with Gasteiger partial charge in [-0.05, 0) is 81.5 Å². The third-order valence-corrected chi connectivity index (χ3v) is 5.33. The average Bonchev–Trinajstić information content (AvgIpc) is 2.44. The Morgan fingerprint density at radius 2 is 1.87 bits per heavy atom. The molecule has 0 aromatic heterocycles. The topological polar surface area (TPSA) is 46.5 Å². The molecule has 0 spiro atoms. The quantitative estimate of drug-likeness (QED) is 0.809. The highest BCUT2D eigenvalue weighted by atomic mass is 16.5. The van der Waals surface area contributed by atoms with Crippen molar-refractivity contribution in [2.75, 3.05) is 0 Å². The Balaban J connectivity index is 2.33. The minimum Gasteiger partial charge on any atom is -0.487 e. The molecule has 0 aliphatic carbocycles. The van der Waals surface area contributed by atoms with Crippen LogP contribution in [0.4, 0.5) is 0 Å². The lowest BCUT2D eigenvalue weighted by Gasteiger charge is -2.38. The van der Waals surface area contributed by atoms with E-state index in [0.29, 0.717) is 5.56 Å². The number of benzene rings is 1. The van der Waals surface area contributed by atoms with Crippen molar-refractivity contribution in [3.05, 3.63) is 27.8 Å². The van der Waals surface area contributed by atoms with Crippen molar-refractivity contribution in [3.63, 3.8) is 0 Å². The monoisotopic (exact) mass is 318 g/mol. The summed E-state index contributed by atoms with van der Waals surface area (Å²) < 4.78 is 6.44. The minimum atomic E-state index is -0.837. The molecular formula is C20H30O3. The SMILES string of the molecule is Cc1c(C)c(C(=O)O)c(C)c2c1O[C@](C)(CCCC(C)C)CC2. The van der Waals surface area contributed by atoms with Crippen molar-refractivity contribution in [2.45, 2.75) is 79.2 Å². The van der Waals surface area contributed by atoms with Gasteiger partial charge in [0.25, 0.3) is 0 Å². The van der Waals surface area contributed by atoms with Crippen LogP contribution in [0.25, 0.3) is 0 Å². The van der Waals surface area contributed by atoms with E-state index in [2.05, 4.69) is 20.8 Å². The van der Waals surface area contributed by atoms with Gasteiger partial charge in [-0.15, -0.1) is 0 Å². The molecule has 0 saturated heterocycles. The van der Waals surface area contributed by atoms with E-state index < -0.39 is 5.97 Å². The Morgan fingerprint density at radius 3 is 2.43 bits per heavy atom. The smallest absolute Gasteiger partial charge is 0.336 e. The third kappa shape index (κ3) is 3.54. The van der Waals surface area contributed by atoms with E-state index in [-0.39, 0.29) is 5.60 Å². The van der Waals surface area contributed by atoms with E-state index in [4.69, 9.17) is 4.74 Å². The fourth-order valence-corrected chi connectivity index (χ4v) is 3.69. The Kier molecular flexibility index (Phi) is 5.07. The lowest BCUT2D eigenvalue weighted by molar-refractivity contribution is 0.0515. The lowest BCUT2D eigenvalue weighted by atomic mass is 9.83. The molecule has 0 saturated carbocycles. The van der Waals surface area contributed by atoms with E-state index >= 15 is 0 Å². The summed E-state index contributed by atoms with van der Waals surface area (Å²) in [6.45, 7) is 12.5. The molecule has 1 aliphatic rings. The van der Waals surface area contributed by atoms with Gasteiger partial charge in [0.1, 0.15) is 11.4 Å². The van der Waals surface area contributed by atoms with Gasteiger partial charge in [0.2, 0.25) is 0 Å². The Morgan fingerprint density at radius 1 is 1.22 bits per heavy atom. The zero-order chi connectivity index (χ0) is 17.4. The molecule has 1 aromatic rings. The summed E-state index contributed by atoms with van der Waals surface area (Å²) >= 11 is 0. The van der Waals surface area contributed by atoms with E-state index in [9.17, 15) is 9.90 Å². The molecule has 3 nitrogen and oxygen atoms in total. The summed E-state index contributed by atoms with van der Waals surface area (Å²) in [7, 11) is 0. The van der Waals surface area contributed by atoms with Crippen LogP contribution in [-0.2, 0) is 6.42 Å². The molecule has 0 unspecified atom stereocenters. The van der Waals surface area contributed by atoms with Gasteiger partial charge in [0, 0.05) is 0 Å². The molecule has 3 heteroatoms. The largest absolute Gasteiger partial charge is 0.487 e. The van der Waals surface area contributed by atoms with Crippen molar-refractivity contribution in [1.82, 2.24) is 0 Å². The second-order valence-electron chi connectivity index (χ2n) is 7.70. The lowest BCUT2D eigenvalue weighted by Crippen LogP contribution is -2.37. The first-order valence-corrected chi connectivity index (χ1v) is 8.71. The second-order valence-corrected chi connectivity index (χ2v) is 7.70. The second kappa shape index (κ2) is 6.54. The highest BCUT2D eigenvalue weighted by Crippen LogP contribution is 2.42. The number of ether oxygens (including phenoxy) is 1. The molecule has 0 fully saturated rings. The summed E-state index contributed by atoms with van der Waals surface area (Å²) in [6, 6.07) is 0. The first-order chi connectivity index (χ1) is 10.7. The predicted octanol–water partition coefficient (Wildman–Crippen LogP) is 5.22. The summed E-state index contributed by atoms with van der Waals surface area (Å²) in [4.78, 5) is 11.6. The number of carboxylic acids is 1. The summed E-state index contributed by atoms with van der Waals surface area (Å²) in [5.41, 5.74) is 4.11. The van der Waals surface area contributed by atoms with Crippen molar-refractivity contribution in [1.29, 1.82) is 0 Å². The van der Waals surface area contributed by atoms with Crippen LogP contribution in [0.5, 0.6) is 5.75 Å². The van der Waals surface area contributed by atoms with Gasteiger partial charge < -0.3 is 9.84 Å². The fraction of sp³-hybridized carbons (Fsp3) is 0.650. The Labute approximate surface area is 140 Å². The van der Waals surface area contributed by atoms with E-state index in [1.165, 1.54) is 12.8 Å². The van der Waals surface area contributed by atoms with E-state index in [1.807, 2.05) is 20.8 Å². The average molecular weight is 318 g/mol. The molecule has 0 bridgehead atoms. The Hall–Kier alpha value is -1.51. The van der Waals surface area contributed by atoms with Crippen LogP contribution in [0, 0.1) is 26.7 Å². The van der Waals surface area contributed by atoms with Crippen LogP contribution in [0.3, 0.4) is 0 Å². The van der Waals surface area contributed by atoms with Crippen LogP contribution in [0.1, 0.15) is 79.1 Å².